The minimum absolute atomic E-state index is 0.0389. The first kappa shape index (κ1) is 18.8. The van der Waals surface area contributed by atoms with E-state index in [-0.39, 0.29) is 24.3 Å². The number of likely N-dealkylation sites (tertiary alicyclic amines) is 1. The maximum atomic E-state index is 13.1. The van der Waals surface area contributed by atoms with Crippen LogP contribution in [0, 0.1) is 5.92 Å². The highest BCUT2D eigenvalue weighted by atomic mass is 16.2. The molecule has 3 aromatic rings. The second-order valence-corrected chi connectivity index (χ2v) is 6.74. The number of nitrogens with one attached hydrogen (secondary N) is 1. The van der Waals surface area contributed by atoms with Gasteiger partial charge in [-0.2, -0.15) is 5.10 Å². The molecular formula is C19H22N8O2. The molecule has 0 aromatic carbocycles. The second kappa shape index (κ2) is 7.82. The van der Waals surface area contributed by atoms with E-state index in [1.807, 2.05) is 24.6 Å². The van der Waals surface area contributed by atoms with E-state index in [2.05, 4.69) is 25.4 Å². The number of aryl methyl sites for hydroxylation is 1. The van der Waals surface area contributed by atoms with Gasteiger partial charge in [-0.15, -0.1) is 0 Å². The Kier molecular flexibility index (Phi) is 5.07. The van der Waals surface area contributed by atoms with Gasteiger partial charge in [-0.3, -0.25) is 9.59 Å². The molecule has 0 spiro atoms. The number of imidazole rings is 1. The molecule has 0 aliphatic carbocycles. The van der Waals surface area contributed by atoms with Crippen LogP contribution in [0.4, 0.5) is 5.69 Å². The van der Waals surface area contributed by atoms with Crippen LogP contribution < -0.4 is 5.32 Å². The van der Waals surface area contributed by atoms with Gasteiger partial charge in [0.15, 0.2) is 5.82 Å². The predicted molar refractivity (Wildman–Crippen MR) is 104 cm³/mol. The summed E-state index contributed by atoms with van der Waals surface area (Å²) in [5.41, 5.74) is 0.554. The van der Waals surface area contributed by atoms with Crippen molar-refractivity contribution in [3.05, 3.63) is 49.2 Å². The third-order valence-electron chi connectivity index (χ3n) is 5.13. The number of carbonyl (C=O) groups excluding carboxylic acids is 2. The molecule has 2 atom stereocenters. The molecule has 0 unspecified atom stereocenters. The first-order valence-corrected chi connectivity index (χ1v) is 9.54. The van der Waals surface area contributed by atoms with Crippen molar-refractivity contribution in [3.8, 4) is 5.82 Å². The van der Waals surface area contributed by atoms with Crippen molar-refractivity contribution in [3.63, 3.8) is 0 Å². The number of nitrogens with zero attached hydrogens (tertiary/aromatic N) is 7. The van der Waals surface area contributed by atoms with Crippen LogP contribution in [0.1, 0.15) is 32.1 Å². The van der Waals surface area contributed by atoms with Gasteiger partial charge in [0.05, 0.1) is 17.8 Å². The first-order valence-electron chi connectivity index (χ1n) is 9.54. The lowest BCUT2D eigenvalue weighted by Crippen LogP contribution is -2.34. The Bertz CT molecular complexity index is 996. The lowest BCUT2D eigenvalue weighted by atomic mass is 9.98. The minimum atomic E-state index is -0.523. The highest BCUT2D eigenvalue weighted by molar-refractivity contribution is 5.97. The summed E-state index contributed by atoms with van der Waals surface area (Å²) in [6.07, 6.45) is 8.26. The molecule has 1 saturated heterocycles. The molecule has 29 heavy (non-hydrogen) atoms. The molecule has 1 N–H and O–H groups in total. The van der Waals surface area contributed by atoms with E-state index in [0.717, 1.165) is 12.4 Å². The number of pyridine rings is 1. The van der Waals surface area contributed by atoms with Gasteiger partial charge in [-0.1, -0.05) is 0 Å². The third kappa shape index (κ3) is 3.48. The van der Waals surface area contributed by atoms with Gasteiger partial charge in [0.2, 0.25) is 11.8 Å². The molecule has 150 valence electrons. The fourth-order valence-corrected chi connectivity index (χ4v) is 3.73. The number of anilines is 1. The zero-order valence-electron chi connectivity index (χ0n) is 16.3. The fourth-order valence-electron chi connectivity index (χ4n) is 3.73. The van der Waals surface area contributed by atoms with Gasteiger partial charge < -0.3 is 14.8 Å². The molecule has 10 heteroatoms. The molecule has 0 bridgehead atoms. The van der Waals surface area contributed by atoms with Crippen LogP contribution in [0.2, 0.25) is 0 Å². The van der Waals surface area contributed by atoms with E-state index in [1.165, 1.54) is 11.0 Å². The lowest BCUT2D eigenvalue weighted by Gasteiger charge is -2.26. The van der Waals surface area contributed by atoms with Gasteiger partial charge in [-0.05, 0) is 26.0 Å². The number of rotatable bonds is 6. The zero-order chi connectivity index (χ0) is 20.4. The SMILES string of the molecule is CCN1C(=O)C[C@H](C(=O)Nc2ccc(-n3cncn3)nc2)[C@H]1c1nccn1CC. The van der Waals surface area contributed by atoms with Crippen molar-refractivity contribution in [1.29, 1.82) is 0 Å². The van der Waals surface area contributed by atoms with Crippen molar-refractivity contribution < 1.29 is 9.59 Å². The second-order valence-electron chi connectivity index (χ2n) is 6.74. The van der Waals surface area contributed by atoms with Crippen LogP contribution in [0.25, 0.3) is 5.82 Å². The largest absolute Gasteiger partial charge is 0.333 e. The Balaban J connectivity index is 1.55. The topological polar surface area (TPSA) is 111 Å². The number of hydrogen-bond donors (Lipinski definition) is 1. The van der Waals surface area contributed by atoms with Gasteiger partial charge in [0, 0.05) is 31.9 Å². The van der Waals surface area contributed by atoms with Crippen LogP contribution >= 0.6 is 0 Å². The van der Waals surface area contributed by atoms with Crippen molar-refractivity contribution >= 4 is 17.5 Å². The molecule has 0 radical (unpaired) electrons. The third-order valence-corrected chi connectivity index (χ3v) is 5.13. The van der Waals surface area contributed by atoms with Crippen molar-refractivity contribution in [1.82, 2.24) is 34.2 Å². The molecule has 0 saturated carbocycles. The van der Waals surface area contributed by atoms with Gasteiger partial charge in [0.1, 0.15) is 24.5 Å². The van der Waals surface area contributed by atoms with E-state index in [1.54, 1.807) is 35.8 Å². The summed E-state index contributed by atoms with van der Waals surface area (Å²) < 4.78 is 3.50. The van der Waals surface area contributed by atoms with E-state index >= 15 is 0 Å². The molecule has 2 amide bonds. The van der Waals surface area contributed by atoms with Crippen LogP contribution in [-0.4, -0.2) is 52.6 Å². The van der Waals surface area contributed by atoms with Crippen molar-refractivity contribution in [2.24, 2.45) is 5.92 Å². The molecular weight excluding hydrogens is 372 g/mol. The Hall–Kier alpha value is -3.56. The molecule has 3 aromatic heterocycles. The van der Waals surface area contributed by atoms with Crippen molar-refractivity contribution in [2.75, 3.05) is 11.9 Å². The van der Waals surface area contributed by atoms with Gasteiger partial charge in [0.25, 0.3) is 0 Å². The predicted octanol–water partition coefficient (Wildman–Crippen LogP) is 1.43. The summed E-state index contributed by atoms with van der Waals surface area (Å²) in [7, 11) is 0. The number of hydrogen-bond acceptors (Lipinski definition) is 6. The lowest BCUT2D eigenvalue weighted by molar-refractivity contribution is -0.129. The van der Waals surface area contributed by atoms with E-state index in [0.29, 0.717) is 18.1 Å². The molecule has 1 aliphatic rings. The molecule has 1 aliphatic heterocycles. The van der Waals surface area contributed by atoms with Crippen LogP contribution in [0.3, 0.4) is 0 Å². The standard InChI is InChI=1S/C19H22N8O2/c1-3-25-8-7-21-18(25)17-14(9-16(28)26(17)4-2)19(29)24-13-5-6-15(22-10-13)27-12-20-11-23-27/h5-8,10-12,14,17H,3-4,9H2,1-2H3,(H,24,29)/t14-,17-/m0/s1. The number of amides is 2. The van der Waals surface area contributed by atoms with Crippen LogP contribution in [0.5, 0.6) is 0 Å². The molecule has 4 heterocycles. The summed E-state index contributed by atoms with van der Waals surface area (Å²) in [6.45, 7) is 5.17. The van der Waals surface area contributed by atoms with E-state index in [4.69, 9.17) is 0 Å². The number of aromatic nitrogens is 6. The number of carbonyl (C=O) groups is 2. The monoisotopic (exact) mass is 394 g/mol. The van der Waals surface area contributed by atoms with E-state index in [9.17, 15) is 9.59 Å². The first-order chi connectivity index (χ1) is 14.1. The minimum Gasteiger partial charge on any atom is -0.333 e. The summed E-state index contributed by atoms with van der Waals surface area (Å²) >= 11 is 0. The van der Waals surface area contributed by atoms with Crippen LogP contribution in [0.15, 0.2) is 43.4 Å². The molecule has 10 nitrogen and oxygen atoms in total. The molecule has 4 rings (SSSR count). The van der Waals surface area contributed by atoms with E-state index < -0.39 is 5.92 Å². The highest BCUT2D eigenvalue weighted by Crippen LogP contribution is 2.38. The van der Waals surface area contributed by atoms with Crippen molar-refractivity contribution in [2.45, 2.75) is 32.9 Å². The Morgan fingerprint density at radius 1 is 1.24 bits per heavy atom. The maximum absolute atomic E-state index is 13.1. The summed E-state index contributed by atoms with van der Waals surface area (Å²) in [4.78, 5) is 39.9. The summed E-state index contributed by atoms with van der Waals surface area (Å²) in [6, 6.07) is 3.10. The Morgan fingerprint density at radius 3 is 2.76 bits per heavy atom. The summed E-state index contributed by atoms with van der Waals surface area (Å²) in [5, 5.41) is 6.91. The molecule has 1 fully saturated rings. The average Bonchev–Trinajstić information content (AvgIpc) is 3.47. The summed E-state index contributed by atoms with van der Waals surface area (Å²) in [5.74, 6) is 0.546. The normalized spacial score (nSPS) is 19.0. The zero-order valence-corrected chi connectivity index (χ0v) is 16.3. The quantitative estimate of drug-likeness (QED) is 0.677. The maximum Gasteiger partial charge on any atom is 0.230 e. The fraction of sp³-hybridized carbons (Fsp3) is 0.368. The Morgan fingerprint density at radius 2 is 2.10 bits per heavy atom. The average molecular weight is 394 g/mol. The van der Waals surface area contributed by atoms with Gasteiger partial charge >= 0.3 is 0 Å². The highest BCUT2D eigenvalue weighted by Gasteiger charge is 2.45. The van der Waals surface area contributed by atoms with Gasteiger partial charge in [-0.25, -0.2) is 19.6 Å². The van der Waals surface area contributed by atoms with Crippen LogP contribution in [-0.2, 0) is 16.1 Å². The smallest absolute Gasteiger partial charge is 0.230 e. The Labute approximate surface area is 167 Å².